The van der Waals surface area contributed by atoms with Gasteiger partial charge in [-0.05, 0) is 6.07 Å². The first-order valence-electron chi connectivity index (χ1n) is 8.44. The largest absolute Gasteiger partial charge is 0.493 e. The highest BCUT2D eigenvalue weighted by Crippen LogP contribution is 2.39. The lowest BCUT2D eigenvalue weighted by atomic mass is 10.2. The van der Waals surface area contributed by atoms with Crippen LogP contribution < -0.4 is 24.8 Å². The maximum absolute atomic E-state index is 12.2. The number of aromatic nitrogens is 3. The van der Waals surface area contributed by atoms with Crippen LogP contribution in [0.2, 0.25) is 0 Å². The van der Waals surface area contributed by atoms with E-state index in [9.17, 15) is 4.79 Å². The Morgan fingerprint density at radius 1 is 1.18 bits per heavy atom. The van der Waals surface area contributed by atoms with E-state index in [0.29, 0.717) is 35.9 Å². The summed E-state index contributed by atoms with van der Waals surface area (Å²) in [4.78, 5) is 16.7. The number of nitrogens with zero attached hydrogens (tertiary/aromatic N) is 3. The van der Waals surface area contributed by atoms with E-state index in [0.717, 1.165) is 10.8 Å². The molecule has 0 aliphatic heterocycles. The number of ether oxygens (including phenoxy) is 3. The summed E-state index contributed by atoms with van der Waals surface area (Å²) in [6.07, 6.45) is 4.16. The average Bonchev–Trinajstić information content (AvgIpc) is 3.38. The number of hydrogen-bond donors (Lipinski definition) is 2. The SMILES string of the molecule is COc1cc(NC(=O)NCCc2csc(-n3cccn3)n2)cc(OC)c1OC. The van der Waals surface area contributed by atoms with Gasteiger partial charge in [-0.25, -0.2) is 14.5 Å². The summed E-state index contributed by atoms with van der Waals surface area (Å²) in [7, 11) is 4.56. The Hall–Kier alpha value is -3.27. The number of methoxy groups -OCH3 is 3. The highest BCUT2D eigenvalue weighted by molar-refractivity contribution is 7.12. The maximum atomic E-state index is 12.2. The predicted molar refractivity (Wildman–Crippen MR) is 106 cm³/mol. The third-order valence-electron chi connectivity index (χ3n) is 3.83. The number of carbonyl (C=O) groups excluding carboxylic acids is 1. The fraction of sp³-hybridized carbons (Fsp3) is 0.278. The summed E-state index contributed by atoms with van der Waals surface area (Å²) in [5.41, 5.74) is 1.42. The van der Waals surface area contributed by atoms with Crippen LogP contribution in [0.4, 0.5) is 10.5 Å². The fourth-order valence-corrected chi connectivity index (χ4v) is 3.33. The van der Waals surface area contributed by atoms with E-state index >= 15 is 0 Å². The van der Waals surface area contributed by atoms with Gasteiger partial charge in [-0.15, -0.1) is 11.3 Å². The third-order valence-corrected chi connectivity index (χ3v) is 4.71. The molecule has 2 N–H and O–H groups in total. The molecule has 2 aromatic heterocycles. The summed E-state index contributed by atoms with van der Waals surface area (Å²) in [5, 5.41) is 12.5. The molecular weight excluding hydrogens is 382 g/mol. The lowest BCUT2D eigenvalue weighted by Gasteiger charge is -2.14. The third kappa shape index (κ3) is 4.52. The number of hydrogen-bond acceptors (Lipinski definition) is 7. The lowest BCUT2D eigenvalue weighted by Crippen LogP contribution is -2.30. The Morgan fingerprint density at radius 2 is 1.93 bits per heavy atom. The van der Waals surface area contributed by atoms with Crippen molar-refractivity contribution in [2.24, 2.45) is 0 Å². The molecule has 148 valence electrons. The van der Waals surface area contributed by atoms with Crippen molar-refractivity contribution in [1.82, 2.24) is 20.1 Å². The minimum Gasteiger partial charge on any atom is -0.493 e. The molecule has 2 heterocycles. The van der Waals surface area contributed by atoms with Gasteiger partial charge in [0.25, 0.3) is 0 Å². The zero-order chi connectivity index (χ0) is 19.9. The topological polar surface area (TPSA) is 99.5 Å². The van der Waals surface area contributed by atoms with Crippen LogP contribution in [0.25, 0.3) is 5.13 Å². The van der Waals surface area contributed by atoms with Crippen LogP contribution in [0.1, 0.15) is 5.69 Å². The Balaban J connectivity index is 1.55. The predicted octanol–water partition coefficient (Wildman–Crippen LogP) is 2.72. The average molecular weight is 403 g/mol. The van der Waals surface area contributed by atoms with Gasteiger partial charge >= 0.3 is 6.03 Å². The standard InChI is InChI=1S/C18H21N5O4S/c1-25-14-9-13(10-15(26-2)16(14)27-3)21-17(24)19-7-5-12-11-28-18(22-12)23-8-4-6-20-23/h4,6,8-11H,5,7H2,1-3H3,(H2,19,21,24). The van der Waals surface area contributed by atoms with Gasteiger partial charge in [0, 0.05) is 42.9 Å². The Morgan fingerprint density at radius 3 is 2.54 bits per heavy atom. The number of benzene rings is 1. The highest BCUT2D eigenvalue weighted by Gasteiger charge is 2.14. The van der Waals surface area contributed by atoms with E-state index in [4.69, 9.17) is 14.2 Å². The normalized spacial score (nSPS) is 10.4. The molecule has 2 amide bonds. The van der Waals surface area contributed by atoms with E-state index in [1.807, 2.05) is 17.6 Å². The molecule has 0 atom stereocenters. The van der Waals surface area contributed by atoms with Crippen LogP contribution in [0.15, 0.2) is 36.0 Å². The number of urea groups is 1. The molecule has 0 saturated carbocycles. The number of amides is 2. The molecule has 0 aliphatic carbocycles. The quantitative estimate of drug-likeness (QED) is 0.600. The number of carbonyl (C=O) groups is 1. The summed E-state index contributed by atoms with van der Waals surface area (Å²) in [6, 6.07) is 4.84. The van der Waals surface area contributed by atoms with Crippen LogP contribution in [0, 0.1) is 0 Å². The van der Waals surface area contributed by atoms with Crippen molar-refractivity contribution in [2.45, 2.75) is 6.42 Å². The van der Waals surface area contributed by atoms with Gasteiger partial charge in [-0.1, -0.05) is 0 Å². The van der Waals surface area contributed by atoms with Crippen LogP contribution in [-0.4, -0.2) is 48.7 Å². The molecule has 3 rings (SSSR count). The van der Waals surface area contributed by atoms with Crippen molar-refractivity contribution < 1.29 is 19.0 Å². The lowest BCUT2D eigenvalue weighted by molar-refractivity contribution is 0.252. The Bertz CT molecular complexity index is 901. The van der Waals surface area contributed by atoms with Crippen molar-refractivity contribution in [3.05, 3.63) is 41.7 Å². The second kappa shape index (κ2) is 9.09. The first kappa shape index (κ1) is 19.5. The van der Waals surface area contributed by atoms with Gasteiger partial charge < -0.3 is 24.8 Å². The van der Waals surface area contributed by atoms with Crippen LogP contribution in [-0.2, 0) is 6.42 Å². The molecule has 28 heavy (non-hydrogen) atoms. The molecule has 0 bridgehead atoms. The van der Waals surface area contributed by atoms with Crippen LogP contribution in [0.3, 0.4) is 0 Å². The summed E-state index contributed by atoms with van der Waals surface area (Å²) < 4.78 is 17.5. The monoisotopic (exact) mass is 403 g/mol. The van der Waals surface area contributed by atoms with E-state index in [1.54, 1.807) is 23.0 Å². The van der Waals surface area contributed by atoms with Gasteiger partial charge in [-0.3, -0.25) is 0 Å². The number of rotatable bonds is 8. The van der Waals surface area contributed by atoms with Crippen molar-refractivity contribution >= 4 is 23.1 Å². The minimum absolute atomic E-state index is 0.336. The second-order valence-corrected chi connectivity index (χ2v) is 6.45. The molecule has 0 saturated heterocycles. The Labute approximate surface area is 166 Å². The molecule has 9 nitrogen and oxygen atoms in total. The van der Waals surface area contributed by atoms with E-state index in [2.05, 4.69) is 20.7 Å². The van der Waals surface area contributed by atoms with E-state index < -0.39 is 0 Å². The van der Waals surface area contributed by atoms with E-state index in [-0.39, 0.29) is 6.03 Å². The minimum atomic E-state index is -0.336. The van der Waals surface area contributed by atoms with Gasteiger partial charge in [-0.2, -0.15) is 5.10 Å². The molecule has 1 aromatic carbocycles. The molecular formula is C18H21N5O4S. The Kier molecular flexibility index (Phi) is 6.33. The highest BCUT2D eigenvalue weighted by atomic mass is 32.1. The smallest absolute Gasteiger partial charge is 0.319 e. The molecule has 0 unspecified atom stereocenters. The number of nitrogens with one attached hydrogen (secondary N) is 2. The van der Waals surface area contributed by atoms with Gasteiger partial charge in [0.2, 0.25) is 10.9 Å². The fourth-order valence-electron chi connectivity index (χ4n) is 2.53. The molecule has 0 fully saturated rings. The first-order valence-corrected chi connectivity index (χ1v) is 9.32. The maximum Gasteiger partial charge on any atom is 0.319 e. The van der Waals surface area contributed by atoms with Crippen molar-refractivity contribution in [1.29, 1.82) is 0 Å². The summed E-state index contributed by atoms with van der Waals surface area (Å²) in [6.45, 7) is 0.443. The first-order chi connectivity index (χ1) is 13.6. The molecule has 10 heteroatoms. The van der Waals surface area contributed by atoms with Crippen molar-refractivity contribution in [3.8, 4) is 22.4 Å². The molecule has 0 aliphatic rings. The van der Waals surface area contributed by atoms with Crippen molar-refractivity contribution in [3.63, 3.8) is 0 Å². The number of anilines is 1. The van der Waals surface area contributed by atoms with E-state index in [1.165, 1.54) is 32.7 Å². The van der Waals surface area contributed by atoms with Crippen LogP contribution >= 0.6 is 11.3 Å². The van der Waals surface area contributed by atoms with Gasteiger partial charge in [0.05, 0.1) is 32.7 Å². The van der Waals surface area contributed by atoms with Gasteiger partial charge in [0.1, 0.15) is 0 Å². The molecule has 0 radical (unpaired) electrons. The summed E-state index contributed by atoms with van der Waals surface area (Å²) >= 11 is 1.50. The number of thiazole rings is 1. The molecule has 0 spiro atoms. The van der Waals surface area contributed by atoms with Crippen molar-refractivity contribution in [2.75, 3.05) is 33.2 Å². The van der Waals surface area contributed by atoms with Crippen LogP contribution in [0.5, 0.6) is 17.2 Å². The second-order valence-electron chi connectivity index (χ2n) is 5.62. The molecule has 3 aromatic rings. The zero-order valence-corrected chi connectivity index (χ0v) is 16.6. The zero-order valence-electron chi connectivity index (χ0n) is 15.8. The van der Waals surface area contributed by atoms with Gasteiger partial charge in [0.15, 0.2) is 11.5 Å². The summed E-state index contributed by atoms with van der Waals surface area (Å²) in [5.74, 6) is 1.39.